The fourth-order valence-corrected chi connectivity index (χ4v) is 2.08. The maximum atomic E-state index is 6.17. The van der Waals surface area contributed by atoms with Gasteiger partial charge in [-0.15, -0.1) is 0 Å². The molecule has 104 valence electrons. The van der Waals surface area contributed by atoms with Crippen molar-refractivity contribution in [3.63, 3.8) is 0 Å². The topological polar surface area (TPSA) is 60.2 Å². The van der Waals surface area contributed by atoms with Crippen molar-refractivity contribution in [1.82, 2.24) is 4.98 Å². The van der Waals surface area contributed by atoms with E-state index in [0.717, 1.165) is 16.9 Å². The van der Waals surface area contributed by atoms with Crippen molar-refractivity contribution in [3.8, 4) is 5.75 Å². The zero-order valence-electron chi connectivity index (χ0n) is 10.9. The molecule has 0 saturated heterocycles. The SMILES string of the molecule is COc1cccc(Cl)c1CNc1ccc(C(N)=S)cn1. The number of pyridine rings is 1. The predicted molar refractivity (Wildman–Crippen MR) is 85.5 cm³/mol. The molecule has 1 aromatic carbocycles. The first kappa shape index (κ1) is 14.6. The van der Waals surface area contributed by atoms with E-state index >= 15 is 0 Å². The van der Waals surface area contributed by atoms with E-state index in [1.807, 2.05) is 30.3 Å². The molecule has 0 atom stereocenters. The van der Waals surface area contributed by atoms with Crippen LogP contribution in [-0.4, -0.2) is 17.1 Å². The van der Waals surface area contributed by atoms with Crippen LogP contribution in [0.1, 0.15) is 11.1 Å². The molecule has 1 heterocycles. The zero-order chi connectivity index (χ0) is 14.5. The first-order valence-electron chi connectivity index (χ1n) is 5.93. The average Bonchev–Trinajstić information content (AvgIpc) is 2.46. The van der Waals surface area contributed by atoms with Gasteiger partial charge in [0, 0.05) is 28.9 Å². The Morgan fingerprint density at radius 3 is 2.80 bits per heavy atom. The molecule has 3 N–H and O–H groups in total. The van der Waals surface area contributed by atoms with Gasteiger partial charge in [0.15, 0.2) is 0 Å². The van der Waals surface area contributed by atoms with Gasteiger partial charge in [-0.3, -0.25) is 0 Å². The molecule has 0 aliphatic heterocycles. The summed E-state index contributed by atoms with van der Waals surface area (Å²) in [5, 5.41) is 3.83. The monoisotopic (exact) mass is 307 g/mol. The molecule has 0 bridgehead atoms. The Labute approximate surface area is 127 Å². The second-order valence-corrected chi connectivity index (χ2v) is 4.92. The number of aromatic nitrogens is 1. The summed E-state index contributed by atoms with van der Waals surface area (Å²) in [5.74, 6) is 1.46. The second kappa shape index (κ2) is 6.54. The molecule has 0 spiro atoms. The van der Waals surface area contributed by atoms with Crippen LogP contribution in [0.15, 0.2) is 36.5 Å². The highest BCUT2D eigenvalue weighted by Crippen LogP contribution is 2.26. The Balaban J connectivity index is 2.11. The van der Waals surface area contributed by atoms with Crippen molar-refractivity contribution in [2.24, 2.45) is 5.73 Å². The van der Waals surface area contributed by atoms with E-state index in [-0.39, 0.29) is 0 Å². The van der Waals surface area contributed by atoms with Crippen molar-refractivity contribution >= 4 is 34.6 Å². The quantitative estimate of drug-likeness (QED) is 0.832. The molecule has 0 aliphatic carbocycles. The third kappa shape index (κ3) is 3.37. The molecule has 0 radical (unpaired) electrons. The van der Waals surface area contributed by atoms with E-state index < -0.39 is 0 Å². The summed E-state index contributed by atoms with van der Waals surface area (Å²) >= 11 is 11.0. The van der Waals surface area contributed by atoms with Gasteiger partial charge >= 0.3 is 0 Å². The van der Waals surface area contributed by atoms with E-state index in [4.69, 9.17) is 34.3 Å². The maximum absolute atomic E-state index is 6.17. The van der Waals surface area contributed by atoms with Crippen LogP contribution in [0, 0.1) is 0 Å². The van der Waals surface area contributed by atoms with Crippen LogP contribution in [0.25, 0.3) is 0 Å². The molecule has 4 nitrogen and oxygen atoms in total. The third-order valence-electron chi connectivity index (χ3n) is 2.79. The van der Waals surface area contributed by atoms with Gasteiger partial charge < -0.3 is 15.8 Å². The maximum Gasteiger partial charge on any atom is 0.126 e. The molecule has 0 fully saturated rings. The molecular formula is C14H14ClN3OS. The van der Waals surface area contributed by atoms with Gasteiger partial charge in [-0.05, 0) is 24.3 Å². The number of methoxy groups -OCH3 is 1. The van der Waals surface area contributed by atoms with E-state index in [9.17, 15) is 0 Å². The van der Waals surface area contributed by atoms with Gasteiger partial charge in [0.1, 0.15) is 16.6 Å². The molecule has 20 heavy (non-hydrogen) atoms. The lowest BCUT2D eigenvalue weighted by Crippen LogP contribution is -2.10. The Morgan fingerprint density at radius 1 is 1.40 bits per heavy atom. The number of thiocarbonyl (C=S) groups is 1. The Morgan fingerprint density at radius 2 is 2.20 bits per heavy atom. The molecule has 1 aromatic heterocycles. The van der Waals surface area contributed by atoms with Gasteiger partial charge in [-0.1, -0.05) is 29.9 Å². The summed E-state index contributed by atoms with van der Waals surface area (Å²) in [6, 6.07) is 9.18. The highest BCUT2D eigenvalue weighted by Gasteiger charge is 2.07. The first-order chi connectivity index (χ1) is 9.61. The highest BCUT2D eigenvalue weighted by molar-refractivity contribution is 7.80. The van der Waals surface area contributed by atoms with Crippen molar-refractivity contribution < 1.29 is 4.74 Å². The number of hydrogen-bond acceptors (Lipinski definition) is 4. The third-order valence-corrected chi connectivity index (χ3v) is 3.38. The van der Waals surface area contributed by atoms with Crippen LogP contribution < -0.4 is 15.8 Å². The van der Waals surface area contributed by atoms with E-state index in [1.54, 1.807) is 13.3 Å². The molecule has 6 heteroatoms. The average molecular weight is 308 g/mol. The van der Waals surface area contributed by atoms with Gasteiger partial charge in [0.2, 0.25) is 0 Å². The number of nitrogens with one attached hydrogen (secondary N) is 1. The number of hydrogen-bond donors (Lipinski definition) is 2. The van der Waals surface area contributed by atoms with Crippen LogP contribution in [0.4, 0.5) is 5.82 Å². The number of nitrogens with two attached hydrogens (primary N) is 1. The van der Waals surface area contributed by atoms with Crippen LogP contribution in [0.5, 0.6) is 5.75 Å². The molecule has 2 rings (SSSR count). The lowest BCUT2D eigenvalue weighted by molar-refractivity contribution is 0.410. The molecule has 2 aromatic rings. The smallest absolute Gasteiger partial charge is 0.126 e. The minimum Gasteiger partial charge on any atom is -0.496 e. The number of ether oxygens (including phenoxy) is 1. The Hall–Kier alpha value is -1.85. The number of halogens is 1. The van der Waals surface area contributed by atoms with Crippen LogP contribution in [0.3, 0.4) is 0 Å². The van der Waals surface area contributed by atoms with E-state index in [0.29, 0.717) is 22.4 Å². The van der Waals surface area contributed by atoms with Gasteiger partial charge in [0.25, 0.3) is 0 Å². The normalized spacial score (nSPS) is 10.1. The molecule has 0 saturated carbocycles. The number of rotatable bonds is 5. The summed E-state index contributed by atoms with van der Waals surface area (Å²) in [7, 11) is 1.62. The minimum absolute atomic E-state index is 0.330. The lowest BCUT2D eigenvalue weighted by Gasteiger charge is -2.11. The van der Waals surface area contributed by atoms with Crippen molar-refractivity contribution in [2.75, 3.05) is 12.4 Å². The second-order valence-electron chi connectivity index (χ2n) is 4.07. The molecule has 0 amide bonds. The van der Waals surface area contributed by atoms with Gasteiger partial charge in [-0.25, -0.2) is 4.98 Å². The van der Waals surface area contributed by atoms with E-state index in [2.05, 4.69) is 10.3 Å². The summed E-state index contributed by atoms with van der Waals surface area (Å²) in [5.41, 5.74) is 7.15. The summed E-state index contributed by atoms with van der Waals surface area (Å²) < 4.78 is 5.29. The first-order valence-corrected chi connectivity index (χ1v) is 6.71. The highest BCUT2D eigenvalue weighted by atomic mass is 35.5. The number of benzene rings is 1. The molecular weight excluding hydrogens is 294 g/mol. The molecule has 0 unspecified atom stereocenters. The summed E-state index contributed by atoms with van der Waals surface area (Å²) in [4.78, 5) is 4.57. The van der Waals surface area contributed by atoms with Gasteiger partial charge in [0.05, 0.1) is 7.11 Å². The summed E-state index contributed by atoms with van der Waals surface area (Å²) in [6.45, 7) is 0.516. The van der Waals surface area contributed by atoms with Crippen LogP contribution in [0.2, 0.25) is 5.02 Å². The van der Waals surface area contributed by atoms with Crippen molar-refractivity contribution in [2.45, 2.75) is 6.54 Å². The fourth-order valence-electron chi connectivity index (χ4n) is 1.72. The lowest BCUT2D eigenvalue weighted by atomic mass is 10.2. The van der Waals surface area contributed by atoms with Crippen LogP contribution >= 0.6 is 23.8 Å². The van der Waals surface area contributed by atoms with E-state index in [1.165, 1.54) is 0 Å². The van der Waals surface area contributed by atoms with Crippen molar-refractivity contribution in [3.05, 3.63) is 52.7 Å². The fraction of sp³-hybridized carbons (Fsp3) is 0.143. The molecule has 0 aliphatic rings. The van der Waals surface area contributed by atoms with Gasteiger partial charge in [-0.2, -0.15) is 0 Å². The zero-order valence-corrected chi connectivity index (χ0v) is 12.5. The summed E-state index contributed by atoms with van der Waals surface area (Å²) in [6.07, 6.45) is 1.63. The standard InChI is InChI=1S/C14H14ClN3OS/c1-19-12-4-2-3-11(15)10(12)8-18-13-6-5-9(7-17-13)14(16)20/h2-7H,8H2,1H3,(H2,16,20)(H,17,18). The number of nitrogens with zero attached hydrogens (tertiary/aromatic N) is 1. The largest absolute Gasteiger partial charge is 0.496 e. The van der Waals surface area contributed by atoms with Crippen molar-refractivity contribution in [1.29, 1.82) is 0 Å². The predicted octanol–water partition coefficient (Wildman–Crippen LogP) is 2.99. The van der Waals surface area contributed by atoms with Crippen LogP contribution in [-0.2, 0) is 6.54 Å². The Bertz CT molecular complexity index is 616. The Kier molecular flexibility index (Phi) is 4.76. The minimum atomic E-state index is 0.330. The number of anilines is 1.